The van der Waals surface area contributed by atoms with Gasteiger partial charge in [-0.15, -0.1) is 0 Å². The zero-order chi connectivity index (χ0) is 13.5. The van der Waals surface area contributed by atoms with Crippen molar-refractivity contribution in [3.05, 3.63) is 0 Å². The lowest BCUT2D eigenvalue weighted by molar-refractivity contribution is -0.127. The van der Waals surface area contributed by atoms with E-state index in [-0.39, 0.29) is 24.1 Å². The Bertz CT molecular complexity index is 226. The van der Waals surface area contributed by atoms with Gasteiger partial charge in [-0.05, 0) is 34.7 Å². The fourth-order valence-corrected chi connectivity index (χ4v) is 1.24. The number of nitrogens with zero attached hydrogens (tertiary/aromatic N) is 1. The van der Waals surface area contributed by atoms with Gasteiger partial charge in [-0.1, -0.05) is 0 Å². The first kappa shape index (κ1) is 16.4. The van der Waals surface area contributed by atoms with Crippen molar-refractivity contribution in [3.8, 4) is 0 Å². The Hall–Kier alpha value is -0.650. The maximum atomic E-state index is 11.9. The number of aliphatic hydroxyl groups excluding tert-OH is 1. The average Bonchev–Trinajstić information content (AvgIpc) is 2.20. The molecule has 0 saturated carbocycles. The van der Waals surface area contributed by atoms with Crippen molar-refractivity contribution in [1.29, 1.82) is 0 Å². The molecule has 0 saturated heterocycles. The average molecular weight is 246 g/mol. The number of hydrogen-bond acceptors (Lipinski definition) is 4. The first-order chi connectivity index (χ1) is 7.78. The highest BCUT2D eigenvalue weighted by Gasteiger charge is 2.21. The normalized spacial score (nSPS) is 13.8. The molecule has 5 nitrogen and oxygen atoms in total. The van der Waals surface area contributed by atoms with Crippen molar-refractivity contribution in [2.75, 3.05) is 33.4 Å². The first-order valence-corrected chi connectivity index (χ1v) is 5.99. The summed E-state index contributed by atoms with van der Waals surface area (Å²) in [4.78, 5) is 13.8. The number of nitrogens with one attached hydrogen (secondary N) is 1. The van der Waals surface area contributed by atoms with E-state index in [4.69, 9.17) is 9.84 Å². The van der Waals surface area contributed by atoms with Gasteiger partial charge in [0, 0.05) is 12.1 Å². The third kappa shape index (κ3) is 8.12. The largest absolute Gasteiger partial charge is 0.394 e. The summed E-state index contributed by atoms with van der Waals surface area (Å²) in [7, 11) is 1.88. The van der Waals surface area contributed by atoms with Gasteiger partial charge in [0.2, 0.25) is 5.91 Å². The van der Waals surface area contributed by atoms with Crippen LogP contribution in [0.25, 0.3) is 0 Å². The molecule has 0 rings (SSSR count). The summed E-state index contributed by atoms with van der Waals surface area (Å²) in [6, 6.07) is -0.188. The molecule has 17 heavy (non-hydrogen) atoms. The molecule has 0 aromatic heterocycles. The number of carbonyl (C=O) groups excluding carboxylic acids is 1. The van der Waals surface area contributed by atoms with Crippen LogP contribution in [0.3, 0.4) is 0 Å². The van der Waals surface area contributed by atoms with Crippen molar-refractivity contribution in [3.63, 3.8) is 0 Å². The molecule has 1 atom stereocenters. The lowest BCUT2D eigenvalue weighted by Crippen LogP contribution is -2.50. The van der Waals surface area contributed by atoms with Crippen molar-refractivity contribution in [1.82, 2.24) is 10.2 Å². The van der Waals surface area contributed by atoms with Gasteiger partial charge >= 0.3 is 0 Å². The predicted molar refractivity (Wildman–Crippen MR) is 67.9 cm³/mol. The van der Waals surface area contributed by atoms with E-state index in [1.165, 1.54) is 0 Å². The second-order valence-corrected chi connectivity index (χ2v) is 5.23. The fraction of sp³-hybridized carbons (Fsp3) is 0.917. The highest BCUT2D eigenvalue weighted by Crippen LogP contribution is 2.02. The van der Waals surface area contributed by atoms with Gasteiger partial charge in [0.05, 0.1) is 25.9 Å². The second-order valence-electron chi connectivity index (χ2n) is 5.23. The number of carbonyl (C=O) groups is 1. The van der Waals surface area contributed by atoms with Crippen LogP contribution in [-0.2, 0) is 9.53 Å². The second kappa shape index (κ2) is 7.63. The van der Waals surface area contributed by atoms with Gasteiger partial charge in [-0.2, -0.15) is 0 Å². The van der Waals surface area contributed by atoms with Crippen LogP contribution >= 0.6 is 0 Å². The van der Waals surface area contributed by atoms with E-state index in [1.54, 1.807) is 0 Å². The minimum atomic E-state index is -0.209. The van der Waals surface area contributed by atoms with Crippen molar-refractivity contribution < 1.29 is 14.6 Å². The molecule has 1 amide bonds. The minimum absolute atomic E-state index is 0.0159. The minimum Gasteiger partial charge on any atom is -0.394 e. The fourth-order valence-electron chi connectivity index (χ4n) is 1.24. The molecule has 0 aliphatic rings. The summed E-state index contributed by atoms with van der Waals surface area (Å²) in [5.74, 6) is 0.0159. The Morgan fingerprint density at radius 2 is 2.00 bits per heavy atom. The van der Waals surface area contributed by atoms with Gasteiger partial charge in [0.1, 0.15) is 0 Å². The van der Waals surface area contributed by atoms with Gasteiger partial charge in [-0.3, -0.25) is 9.69 Å². The summed E-state index contributed by atoms with van der Waals surface area (Å²) in [6.07, 6.45) is 0. The summed E-state index contributed by atoms with van der Waals surface area (Å²) < 4.78 is 5.16. The summed E-state index contributed by atoms with van der Waals surface area (Å²) in [5.41, 5.74) is -0.209. The Balaban J connectivity index is 3.95. The summed E-state index contributed by atoms with van der Waals surface area (Å²) in [5, 5.41) is 11.5. The standard InChI is InChI=1S/C12H26N2O3/c1-10(11(16)13-12(2,3)4)14(5)6-8-17-9-7-15/h10,15H,6-9H2,1-5H3,(H,13,16). The Labute approximate surface area is 104 Å². The number of likely N-dealkylation sites (N-methyl/N-ethyl adjacent to an activating group) is 1. The van der Waals surface area contributed by atoms with Crippen LogP contribution in [0.5, 0.6) is 0 Å². The SMILES string of the molecule is CC(C(=O)NC(C)(C)C)N(C)CCOCCO. The molecule has 0 aromatic carbocycles. The van der Waals surface area contributed by atoms with Gasteiger partial charge < -0.3 is 15.2 Å². The number of aliphatic hydroxyl groups is 1. The van der Waals surface area contributed by atoms with Crippen LogP contribution in [-0.4, -0.2) is 60.9 Å². The quantitative estimate of drug-likeness (QED) is 0.631. The Kier molecular flexibility index (Phi) is 7.34. The number of rotatable bonds is 7. The van der Waals surface area contributed by atoms with E-state index in [9.17, 15) is 4.79 Å². The molecular weight excluding hydrogens is 220 g/mol. The van der Waals surface area contributed by atoms with Crippen LogP contribution in [0.1, 0.15) is 27.7 Å². The molecule has 0 heterocycles. The third-order valence-corrected chi connectivity index (χ3v) is 2.36. The third-order valence-electron chi connectivity index (χ3n) is 2.36. The summed E-state index contributed by atoms with van der Waals surface area (Å²) in [6.45, 7) is 9.31. The molecule has 0 aromatic rings. The zero-order valence-corrected chi connectivity index (χ0v) is 11.6. The van der Waals surface area contributed by atoms with Crippen molar-refractivity contribution in [2.45, 2.75) is 39.3 Å². The predicted octanol–water partition coefficient (Wildman–Crippen LogP) is 0.230. The van der Waals surface area contributed by atoms with Gasteiger partial charge in [0.25, 0.3) is 0 Å². The van der Waals surface area contributed by atoms with Crippen LogP contribution in [0.15, 0.2) is 0 Å². The molecule has 0 radical (unpaired) electrons. The van der Waals surface area contributed by atoms with E-state index >= 15 is 0 Å². The molecule has 0 aliphatic heterocycles. The maximum absolute atomic E-state index is 11.9. The number of amides is 1. The van der Waals surface area contributed by atoms with E-state index in [0.717, 1.165) is 0 Å². The van der Waals surface area contributed by atoms with Crippen LogP contribution in [0, 0.1) is 0 Å². The topological polar surface area (TPSA) is 61.8 Å². The highest BCUT2D eigenvalue weighted by molar-refractivity contribution is 5.81. The van der Waals surface area contributed by atoms with E-state index in [1.807, 2.05) is 39.6 Å². The van der Waals surface area contributed by atoms with Crippen LogP contribution in [0.4, 0.5) is 0 Å². The Morgan fingerprint density at radius 1 is 1.41 bits per heavy atom. The number of ether oxygens (including phenoxy) is 1. The molecule has 5 heteroatoms. The molecule has 0 bridgehead atoms. The van der Waals surface area contributed by atoms with Crippen molar-refractivity contribution >= 4 is 5.91 Å². The molecule has 0 aliphatic carbocycles. The molecule has 0 spiro atoms. The molecule has 0 fully saturated rings. The number of hydrogen-bond donors (Lipinski definition) is 2. The highest BCUT2D eigenvalue weighted by atomic mass is 16.5. The molecule has 102 valence electrons. The van der Waals surface area contributed by atoms with E-state index < -0.39 is 0 Å². The Morgan fingerprint density at radius 3 is 2.47 bits per heavy atom. The smallest absolute Gasteiger partial charge is 0.237 e. The lowest BCUT2D eigenvalue weighted by Gasteiger charge is -2.28. The van der Waals surface area contributed by atoms with E-state index in [0.29, 0.717) is 19.8 Å². The van der Waals surface area contributed by atoms with E-state index in [2.05, 4.69) is 5.32 Å². The van der Waals surface area contributed by atoms with Crippen LogP contribution < -0.4 is 5.32 Å². The maximum Gasteiger partial charge on any atom is 0.237 e. The molecular formula is C12H26N2O3. The molecule has 1 unspecified atom stereocenters. The molecule has 2 N–H and O–H groups in total. The zero-order valence-electron chi connectivity index (χ0n) is 11.6. The van der Waals surface area contributed by atoms with Crippen LogP contribution in [0.2, 0.25) is 0 Å². The summed E-state index contributed by atoms with van der Waals surface area (Å²) >= 11 is 0. The monoisotopic (exact) mass is 246 g/mol. The first-order valence-electron chi connectivity index (χ1n) is 5.99. The lowest BCUT2D eigenvalue weighted by atomic mass is 10.1. The van der Waals surface area contributed by atoms with Crippen molar-refractivity contribution in [2.24, 2.45) is 0 Å². The van der Waals surface area contributed by atoms with Gasteiger partial charge in [0.15, 0.2) is 0 Å². The van der Waals surface area contributed by atoms with Gasteiger partial charge in [-0.25, -0.2) is 0 Å².